The van der Waals surface area contributed by atoms with Crippen molar-refractivity contribution < 1.29 is 4.42 Å². The van der Waals surface area contributed by atoms with E-state index in [9.17, 15) is 0 Å². The fraction of sp³-hybridized carbons (Fsp3) is 0.333. The lowest BCUT2D eigenvalue weighted by atomic mass is 10.2. The van der Waals surface area contributed by atoms with Gasteiger partial charge >= 0.3 is 0 Å². The van der Waals surface area contributed by atoms with Gasteiger partial charge in [0.2, 0.25) is 0 Å². The van der Waals surface area contributed by atoms with Crippen LogP contribution in [0, 0.1) is 6.92 Å². The maximum atomic E-state index is 5.57. The molecule has 0 aliphatic heterocycles. The van der Waals surface area contributed by atoms with E-state index in [0.717, 1.165) is 17.9 Å². The maximum absolute atomic E-state index is 5.57. The molecule has 0 aliphatic carbocycles. The van der Waals surface area contributed by atoms with Crippen LogP contribution in [0.3, 0.4) is 0 Å². The summed E-state index contributed by atoms with van der Waals surface area (Å²) in [6.45, 7) is 6.01. The lowest BCUT2D eigenvalue weighted by Gasteiger charge is -1.92. The minimum Gasteiger partial charge on any atom is -0.465 e. The predicted molar refractivity (Wildman–Crippen MR) is 56.7 cm³/mol. The first-order valence-corrected chi connectivity index (χ1v) is 4.61. The Morgan fingerprint density at radius 3 is 2.69 bits per heavy atom. The van der Waals surface area contributed by atoms with Gasteiger partial charge in [-0.2, -0.15) is 0 Å². The second kappa shape index (κ2) is 4.70. The van der Waals surface area contributed by atoms with E-state index in [4.69, 9.17) is 4.42 Å². The Kier molecular flexibility index (Phi) is 3.56. The Morgan fingerprint density at radius 2 is 2.08 bits per heavy atom. The normalized spacial score (nSPS) is 11.9. The van der Waals surface area contributed by atoms with E-state index in [-0.39, 0.29) is 0 Å². The second-order valence-corrected chi connectivity index (χ2v) is 3.01. The van der Waals surface area contributed by atoms with Crippen molar-refractivity contribution in [3.63, 3.8) is 0 Å². The molecule has 1 aromatic rings. The van der Waals surface area contributed by atoms with Crippen molar-refractivity contribution >= 4 is 6.08 Å². The minimum atomic E-state index is 0.879. The smallest absolute Gasteiger partial charge is 0.115 e. The van der Waals surface area contributed by atoms with E-state index in [0.29, 0.717) is 0 Å². The van der Waals surface area contributed by atoms with Gasteiger partial charge in [-0.15, -0.1) is 0 Å². The second-order valence-electron chi connectivity index (χ2n) is 3.01. The molecule has 0 amide bonds. The van der Waals surface area contributed by atoms with Crippen molar-refractivity contribution in [2.75, 3.05) is 0 Å². The number of aryl methyl sites for hydroxylation is 1. The standard InChI is InChI=1S/C12H16O/c1-4-6-8-12-11(7-5-2)9-10(3)13-12/h4-7,9H,8H2,1-3H3/b6-4?,7-5-. The zero-order valence-corrected chi connectivity index (χ0v) is 8.50. The average Bonchev–Trinajstić information content (AvgIpc) is 2.44. The van der Waals surface area contributed by atoms with E-state index in [2.05, 4.69) is 18.2 Å². The van der Waals surface area contributed by atoms with E-state index in [1.807, 2.05) is 32.9 Å². The highest BCUT2D eigenvalue weighted by molar-refractivity contribution is 5.52. The number of allylic oxidation sites excluding steroid dienone is 3. The van der Waals surface area contributed by atoms with E-state index < -0.39 is 0 Å². The van der Waals surface area contributed by atoms with Crippen LogP contribution in [0.15, 0.2) is 28.7 Å². The molecule has 70 valence electrons. The Balaban J connectivity index is 2.90. The Labute approximate surface area is 79.8 Å². The van der Waals surface area contributed by atoms with Crippen LogP contribution in [0.25, 0.3) is 6.08 Å². The third kappa shape index (κ3) is 2.62. The van der Waals surface area contributed by atoms with Gasteiger partial charge in [-0.1, -0.05) is 24.3 Å². The molecule has 0 aromatic carbocycles. The first kappa shape index (κ1) is 9.85. The predicted octanol–water partition coefficient (Wildman–Crippen LogP) is 3.74. The maximum Gasteiger partial charge on any atom is 0.115 e. The molecule has 0 saturated carbocycles. The van der Waals surface area contributed by atoms with E-state index in [1.54, 1.807) is 0 Å². The van der Waals surface area contributed by atoms with Crippen LogP contribution in [0.4, 0.5) is 0 Å². The lowest BCUT2D eigenvalue weighted by Crippen LogP contribution is -1.79. The average molecular weight is 176 g/mol. The molecule has 0 aliphatic rings. The summed E-state index contributed by atoms with van der Waals surface area (Å²) in [5.74, 6) is 2.03. The molecule has 0 bridgehead atoms. The topological polar surface area (TPSA) is 13.1 Å². The molecule has 1 heterocycles. The fourth-order valence-electron chi connectivity index (χ4n) is 1.29. The van der Waals surface area contributed by atoms with Gasteiger partial charge < -0.3 is 4.42 Å². The summed E-state index contributed by atoms with van der Waals surface area (Å²) >= 11 is 0. The van der Waals surface area contributed by atoms with Crippen LogP contribution >= 0.6 is 0 Å². The summed E-state index contributed by atoms with van der Waals surface area (Å²) < 4.78 is 5.57. The number of hydrogen-bond donors (Lipinski definition) is 0. The first-order valence-electron chi connectivity index (χ1n) is 4.61. The molecule has 0 unspecified atom stereocenters. The molecule has 0 N–H and O–H groups in total. The van der Waals surface area contributed by atoms with E-state index in [1.165, 1.54) is 5.56 Å². The monoisotopic (exact) mass is 176 g/mol. The van der Waals surface area contributed by atoms with E-state index >= 15 is 0 Å². The van der Waals surface area contributed by atoms with Crippen LogP contribution in [-0.2, 0) is 6.42 Å². The highest BCUT2D eigenvalue weighted by Gasteiger charge is 2.03. The largest absolute Gasteiger partial charge is 0.465 e. The third-order valence-corrected chi connectivity index (χ3v) is 1.85. The molecule has 1 rings (SSSR count). The quantitative estimate of drug-likeness (QED) is 0.639. The Hall–Kier alpha value is -1.24. The summed E-state index contributed by atoms with van der Waals surface area (Å²) in [5.41, 5.74) is 1.19. The highest BCUT2D eigenvalue weighted by atomic mass is 16.3. The number of furan rings is 1. The van der Waals surface area contributed by atoms with Crippen LogP contribution < -0.4 is 0 Å². The van der Waals surface area contributed by atoms with Crippen molar-refractivity contribution in [3.05, 3.63) is 41.4 Å². The van der Waals surface area contributed by atoms with Gasteiger partial charge in [0.25, 0.3) is 0 Å². The molecule has 1 heteroatoms. The Morgan fingerprint density at radius 1 is 1.31 bits per heavy atom. The van der Waals surface area contributed by atoms with Gasteiger partial charge in [-0.25, -0.2) is 0 Å². The van der Waals surface area contributed by atoms with Gasteiger partial charge in [-0.05, 0) is 26.8 Å². The van der Waals surface area contributed by atoms with Gasteiger partial charge in [0.15, 0.2) is 0 Å². The molecule has 0 radical (unpaired) electrons. The number of rotatable bonds is 3. The molecule has 0 atom stereocenters. The summed E-state index contributed by atoms with van der Waals surface area (Å²) in [7, 11) is 0. The Bertz CT molecular complexity index is 316. The summed E-state index contributed by atoms with van der Waals surface area (Å²) in [5, 5.41) is 0. The lowest BCUT2D eigenvalue weighted by molar-refractivity contribution is 0.494. The zero-order chi connectivity index (χ0) is 9.68. The van der Waals surface area contributed by atoms with Crippen molar-refractivity contribution in [2.45, 2.75) is 27.2 Å². The molecule has 1 aromatic heterocycles. The molecular weight excluding hydrogens is 160 g/mol. The highest BCUT2D eigenvalue weighted by Crippen LogP contribution is 2.17. The van der Waals surface area contributed by atoms with Crippen molar-refractivity contribution in [1.82, 2.24) is 0 Å². The molecule has 0 saturated heterocycles. The third-order valence-electron chi connectivity index (χ3n) is 1.85. The molecule has 13 heavy (non-hydrogen) atoms. The van der Waals surface area contributed by atoms with Crippen LogP contribution in [0.2, 0.25) is 0 Å². The molecule has 0 spiro atoms. The summed E-state index contributed by atoms with van der Waals surface area (Å²) in [4.78, 5) is 0. The van der Waals surface area contributed by atoms with Crippen molar-refractivity contribution in [1.29, 1.82) is 0 Å². The first-order chi connectivity index (χ1) is 6.27. The van der Waals surface area contributed by atoms with Crippen LogP contribution in [0.1, 0.15) is 30.9 Å². The van der Waals surface area contributed by atoms with Gasteiger partial charge in [-0.3, -0.25) is 0 Å². The molecule has 0 fully saturated rings. The van der Waals surface area contributed by atoms with Crippen LogP contribution in [0.5, 0.6) is 0 Å². The van der Waals surface area contributed by atoms with Crippen LogP contribution in [-0.4, -0.2) is 0 Å². The zero-order valence-electron chi connectivity index (χ0n) is 8.50. The summed E-state index contributed by atoms with van der Waals surface area (Å²) in [6, 6.07) is 2.07. The van der Waals surface area contributed by atoms with Gasteiger partial charge in [0, 0.05) is 12.0 Å². The summed E-state index contributed by atoms with van der Waals surface area (Å²) in [6.07, 6.45) is 9.13. The fourth-order valence-corrected chi connectivity index (χ4v) is 1.29. The SMILES string of the molecule is CC=CCc1oc(C)cc1/C=C\C. The molecule has 1 nitrogen and oxygen atoms in total. The van der Waals surface area contributed by atoms with Crippen molar-refractivity contribution in [3.8, 4) is 0 Å². The van der Waals surface area contributed by atoms with Gasteiger partial charge in [0.05, 0.1) is 0 Å². The van der Waals surface area contributed by atoms with Gasteiger partial charge in [0.1, 0.15) is 11.5 Å². The number of hydrogen-bond acceptors (Lipinski definition) is 1. The van der Waals surface area contributed by atoms with Crippen molar-refractivity contribution in [2.24, 2.45) is 0 Å². The molecular formula is C12H16O. The minimum absolute atomic E-state index is 0.879.